The zero-order chi connectivity index (χ0) is 16.7. The third-order valence-electron chi connectivity index (χ3n) is 3.19. The zero-order valence-electron chi connectivity index (χ0n) is 13.9. The van der Waals surface area contributed by atoms with Gasteiger partial charge in [-0.2, -0.15) is 0 Å². The fraction of sp³-hybridized carbons (Fsp3) is 0.375. The van der Waals surface area contributed by atoms with Crippen LogP contribution in [0.5, 0.6) is 0 Å². The number of hydrogen-bond donors (Lipinski definition) is 2. The van der Waals surface area contributed by atoms with Crippen LogP contribution in [0.25, 0.3) is 0 Å². The summed E-state index contributed by atoms with van der Waals surface area (Å²) in [7, 11) is -2.58. The standard InChI is InChI=1S/C16H22S4Si2/c1-21(2,3)15-9-11(17)13(19-15)7-8-14-12(18)10-16(20-14)22(4,5)6/h9-10,17-18H,1-6H3. The van der Waals surface area contributed by atoms with E-state index in [1.54, 1.807) is 22.7 Å². The Bertz CT molecular complexity index is 684. The lowest BCUT2D eigenvalue weighted by atomic mass is 10.4. The van der Waals surface area contributed by atoms with E-state index in [4.69, 9.17) is 0 Å². The van der Waals surface area contributed by atoms with Crippen LogP contribution in [0.3, 0.4) is 0 Å². The Labute approximate surface area is 155 Å². The summed E-state index contributed by atoms with van der Waals surface area (Å²) in [6, 6.07) is 4.40. The van der Waals surface area contributed by atoms with Gasteiger partial charge in [-0.05, 0) is 33.0 Å². The average Bonchev–Trinajstić information content (AvgIpc) is 2.89. The molecule has 2 heterocycles. The van der Waals surface area contributed by atoms with Gasteiger partial charge in [0.2, 0.25) is 0 Å². The first-order valence-corrected chi connectivity index (χ1v) is 16.7. The Balaban J connectivity index is 2.36. The summed E-state index contributed by atoms with van der Waals surface area (Å²) in [5.74, 6) is 6.64. The fourth-order valence-corrected chi connectivity index (χ4v) is 8.40. The van der Waals surface area contributed by atoms with Crippen molar-refractivity contribution in [3.05, 3.63) is 21.9 Å². The van der Waals surface area contributed by atoms with E-state index in [2.05, 4.69) is 88.5 Å². The molecule has 0 saturated carbocycles. The van der Waals surface area contributed by atoms with Gasteiger partial charge in [0.15, 0.2) is 0 Å². The summed E-state index contributed by atoms with van der Waals surface area (Å²) in [5, 5.41) is 0. The van der Waals surface area contributed by atoms with Crippen LogP contribution in [0.4, 0.5) is 0 Å². The van der Waals surface area contributed by atoms with E-state index in [9.17, 15) is 0 Å². The first-order valence-electron chi connectivity index (χ1n) is 7.17. The van der Waals surface area contributed by atoms with Gasteiger partial charge in [-0.25, -0.2) is 0 Å². The highest BCUT2D eigenvalue weighted by molar-refractivity contribution is 7.80. The van der Waals surface area contributed by atoms with Crippen molar-refractivity contribution in [2.45, 2.75) is 49.1 Å². The first-order chi connectivity index (χ1) is 9.98. The van der Waals surface area contributed by atoms with Crippen LogP contribution in [0.1, 0.15) is 9.75 Å². The van der Waals surface area contributed by atoms with Gasteiger partial charge in [0.1, 0.15) is 0 Å². The maximum Gasteiger partial charge on any atom is 0.0905 e. The molecule has 2 aromatic rings. The minimum Gasteiger partial charge on any atom is -0.141 e. The van der Waals surface area contributed by atoms with Crippen molar-refractivity contribution >= 4 is 73.1 Å². The summed E-state index contributed by atoms with van der Waals surface area (Å²) in [5.41, 5.74) is 0. The lowest BCUT2D eigenvalue weighted by Crippen LogP contribution is -2.34. The van der Waals surface area contributed by atoms with Gasteiger partial charge in [-0.15, -0.1) is 47.9 Å². The van der Waals surface area contributed by atoms with Crippen molar-refractivity contribution in [1.29, 1.82) is 0 Å². The molecule has 0 nitrogen and oxygen atoms in total. The Hall–Kier alpha value is 0.0938. The second kappa shape index (κ2) is 6.54. The van der Waals surface area contributed by atoms with Crippen LogP contribution in [0.15, 0.2) is 21.9 Å². The Morgan fingerprint density at radius 1 is 0.727 bits per heavy atom. The van der Waals surface area contributed by atoms with Crippen LogP contribution in [0.2, 0.25) is 39.3 Å². The molecule has 22 heavy (non-hydrogen) atoms. The molecule has 0 N–H and O–H groups in total. The van der Waals surface area contributed by atoms with E-state index in [0.717, 1.165) is 19.5 Å². The van der Waals surface area contributed by atoms with Crippen molar-refractivity contribution in [3.8, 4) is 11.8 Å². The molecular formula is C16H22S4Si2. The molecule has 0 aliphatic heterocycles. The van der Waals surface area contributed by atoms with E-state index < -0.39 is 16.1 Å². The van der Waals surface area contributed by atoms with Gasteiger partial charge in [0.25, 0.3) is 0 Å². The highest BCUT2D eigenvalue weighted by Crippen LogP contribution is 2.24. The van der Waals surface area contributed by atoms with Crippen LogP contribution >= 0.6 is 47.9 Å². The summed E-state index contributed by atoms with van der Waals surface area (Å²) in [6.07, 6.45) is 0. The molecule has 2 rings (SSSR count). The maximum atomic E-state index is 4.60. The highest BCUT2D eigenvalue weighted by Gasteiger charge is 2.21. The van der Waals surface area contributed by atoms with Crippen LogP contribution in [0, 0.1) is 11.8 Å². The molecule has 0 atom stereocenters. The zero-order valence-corrected chi connectivity index (χ0v) is 19.3. The first kappa shape index (κ1) is 18.4. The normalized spacial score (nSPS) is 12.2. The summed E-state index contributed by atoms with van der Waals surface area (Å²) in [4.78, 5) is 4.18. The maximum absolute atomic E-state index is 4.60. The van der Waals surface area contributed by atoms with E-state index >= 15 is 0 Å². The largest absolute Gasteiger partial charge is 0.141 e. The lowest BCUT2D eigenvalue weighted by Gasteiger charge is -2.11. The van der Waals surface area contributed by atoms with Crippen LogP contribution in [-0.4, -0.2) is 16.1 Å². The van der Waals surface area contributed by atoms with Gasteiger partial charge < -0.3 is 0 Å². The number of rotatable bonds is 2. The van der Waals surface area contributed by atoms with Crippen molar-refractivity contribution in [2.24, 2.45) is 0 Å². The second-order valence-electron chi connectivity index (χ2n) is 7.40. The fourth-order valence-electron chi connectivity index (χ4n) is 1.79. The molecule has 0 amide bonds. The van der Waals surface area contributed by atoms with Crippen molar-refractivity contribution in [3.63, 3.8) is 0 Å². The van der Waals surface area contributed by atoms with E-state index in [0.29, 0.717) is 0 Å². The molecule has 0 aliphatic rings. The van der Waals surface area contributed by atoms with Gasteiger partial charge in [0, 0.05) is 9.79 Å². The Morgan fingerprint density at radius 2 is 1.05 bits per heavy atom. The number of thiol groups is 2. The van der Waals surface area contributed by atoms with Crippen molar-refractivity contribution in [1.82, 2.24) is 0 Å². The smallest absolute Gasteiger partial charge is 0.0905 e. The predicted octanol–water partition coefficient (Wildman–Crippen LogP) is 4.88. The molecule has 6 heteroatoms. The number of hydrogen-bond acceptors (Lipinski definition) is 4. The molecule has 0 aromatic carbocycles. The van der Waals surface area contributed by atoms with E-state index in [-0.39, 0.29) is 0 Å². The predicted molar refractivity (Wildman–Crippen MR) is 115 cm³/mol. The van der Waals surface area contributed by atoms with Gasteiger partial charge in [-0.1, -0.05) is 39.3 Å². The Morgan fingerprint density at radius 3 is 1.27 bits per heavy atom. The SMILES string of the molecule is C[Si](C)(C)c1cc(S)c(C#Cc2sc([Si](C)(C)C)cc2S)s1. The molecule has 118 valence electrons. The van der Waals surface area contributed by atoms with Crippen molar-refractivity contribution in [2.75, 3.05) is 0 Å². The second-order valence-corrected chi connectivity index (χ2v) is 21.3. The molecule has 0 unspecified atom stereocenters. The molecular weight excluding hydrogens is 377 g/mol. The molecule has 0 aliphatic carbocycles. The van der Waals surface area contributed by atoms with E-state index in [1.165, 1.54) is 9.00 Å². The summed E-state index contributed by atoms with van der Waals surface area (Å²) >= 11 is 12.8. The van der Waals surface area contributed by atoms with E-state index in [1.807, 2.05) is 0 Å². The monoisotopic (exact) mass is 398 g/mol. The van der Waals surface area contributed by atoms with Gasteiger partial charge in [0.05, 0.1) is 25.9 Å². The van der Waals surface area contributed by atoms with Crippen LogP contribution < -0.4 is 9.00 Å². The van der Waals surface area contributed by atoms with Crippen molar-refractivity contribution < 1.29 is 0 Å². The topological polar surface area (TPSA) is 0 Å². The highest BCUT2D eigenvalue weighted by atomic mass is 32.1. The molecule has 0 radical (unpaired) electrons. The molecule has 0 spiro atoms. The molecule has 0 bridgehead atoms. The quantitative estimate of drug-likeness (QED) is 0.402. The molecule has 0 saturated heterocycles. The average molecular weight is 399 g/mol. The Kier molecular flexibility index (Phi) is 5.48. The third kappa shape index (κ3) is 4.34. The van der Waals surface area contributed by atoms with Crippen LogP contribution in [-0.2, 0) is 0 Å². The molecule has 2 aromatic heterocycles. The summed E-state index contributed by atoms with van der Waals surface area (Å²) in [6.45, 7) is 14.1. The summed E-state index contributed by atoms with van der Waals surface area (Å²) < 4.78 is 2.92. The van der Waals surface area contributed by atoms with Gasteiger partial charge in [-0.3, -0.25) is 0 Å². The molecule has 0 fully saturated rings. The third-order valence-corrected chi connectivity index (χ3v) is 13.5. The number of thiophene rings is 2. The minimum absolute atomic E-state index is 1.01. The van der Waals surface area contributed by atoms with Gasteiger partial charge >= 0.3 is 0 Å². The lowest BCUT2D eigenvalue weighted by molar-refractivity contribution is 1.55. The minimum atomic E-state index is -1.29.